The third-order valence-corrected chi connectivity index (χ3v) is 2.43. The third kappa shape index (κ3) is 1.94. The van der Waals surface area contributed by atoms with Gasteiger partial charge in [0.25, 0.3) is 5.69 Å². The van der Waals surface area contributed by atoms with E-state index in [1.165, 1.54) is 6.07 Å². The number of benzene rings is 1. The third-order valence-electron chi connectivity index (χ3n) is 2.43. The second-order valence-corrected chi connectivity index (χ2v) is 3.55. The molecule has 2 rings (SSSR count). The van der Waals surface area contributed by atoms with E-state index in [9.17, 15) is 14.9 Å². The van der Waals surface area contributed by atoms with Gasteiger partial charge in [-0.15, -0.1) is 0 Å². The quantitative estimate of drug-likeness (QED) is 0.462. The molecule has 0 unspecified atom stereocenters. The average molecular weight is 231 g/mol. The van der Waals surface area contributed by atoms with Crippen molar-refractivity contribution in [1.29, 1.82) is 0 Å². The average Bonchev–Trinajstić information content (AvgIpc) is 2.76. The first-order valence-corrected chi connectivity index (χ1v) is 4.93. The molecule has 1 aromatic carbocycles. The fourth-order valence-electron chi connectivity index (χ4n) is 1.66. The minimum absolute atomic E-state index is 0.000649. The monoisotopic (exact) mass is 231 g/mol. The summed E-state index contributed by atoms with van der Waals surface area (Å²) in [5.74, 6) is 0.471. The van der Waals surface area contributed by atoms with E-state index in [2.05, 4.69) is 0 Å². The van der Waals surface area contributed by atoms with E-state index in [1.807, 2.05) is 0 Å². The van der Waals surface area contributed by atoms with Crippen LogP contribution in [0.25, 0.3) is 11.3 Å². The summed E-state index contributed by atoms with van der Waals surface area (Å²) in [6, 6.07) is 7.99. The Kier molecular flexibility index (Phi) is 2.74. The highest BCUT2D eigenvalue weighted by molar-refractivity contribution is 5.76. The van der Waals surface area contributed by atoms with Crippen molar-refractivity contribution < 1.29 is 14.1 Å². The predicted molar refractivity (Wildman–Crippen MR) is 60.9 cm³/mol. The molecule has 86 valence electrons. The van der Waals surface area contributed by atoms with Crippen LogP contribution in [-0.2, 0) is 0 Å². The Bertz CT molecular complexity index is 586. The van der Waals surface area contributed by atoms with Crippen molar-refractivity contribution in [1.82, 2.24) is 0 Å². The predicted octanol–water partition coefficient (Wildman–Crippen LogP) is 2.98. The highest BCUT2D eigenvalue weighted by Gasteiger charge is 2.20. The molecule has 0 saturated carbocycles. The van der Waals surface area contributed by atoms with Gasteiger partial charge in [-0.05, 0) is 25.1 Å². The molecule has 17 heavy (non-hydrogen) atoms. The summed E-state index contributed by atoms with van der Waals surface area (Å²) in [5, 5.41) is 11.0. The number of hydrogen-bond donors (Lipinski definition) is 0. The maximum atomic E-state index is 11.0. The van der Waals surface area contributed by atoms with E-state index < -0.39 is 4.92 Å². The number of aryl methyl sites for hydroxylation is 1. The first-order valence-electron chi connectivity index (χ1n) is 4.93. The number of nitro benzene ring substituents is 1. The molecule has 0 saturated heterocycles. The summed E-state index contributed by atoms with van der Waals surface area (Å²) in [5.41, 5.74) is 0.930. The lowest BCUT2D eigenvalue weighted by atomic mass is 10.1. The van der Waals surface area contributed by atoms with Crippen molar-refractivity contribution in [2.45, 2.75) is 6.92 Å². The Hall–Kier alpha value is -2.43. The van der Waals surface area contributed by atoms with Crippen LogP contribution in [0.4, 0.5) is 5.69 Å². The Balaban J connectivity index is 2.62. The molecule has 0 bridgehead atoms. The molecule has 0 atom stereocenters. The summed E-state index contributed by atoms with van der Waals surface area (Å²) in [7, 11) is 0. The zero-order valence-electron chi connectivity index (χ0n) is 9.04. The van der Waals surface area contributed by atoms with Crippen molar-refractivity contribution in [2.75, 3.05) is 0 Å². The maximum Gasteiger partial charge on any atom is 0.283 e. The number of hydrogen-bond acceptors (Lipinski definition) is 4. The summed E-state index contributed by atoms with van der Waals surface area (Å²) in [6.45, 7) is 1.66. The van der Waals surface area contributed by atoms with E-state index in [0.29, 0.717) is 23.2 Å². The zero-order chi connectivity index (χ0) is 12.4. The SMILES string of the molecule is Cc1cccc(-c2ccc(C=O)o2)c1[N+](=O)[O-]. The number of carbonyl (C=O) groups is 1. The minimum atomic E-state index is -0.451. The molecule has 2 aromatic rings. The van der Waals surface area contributed by atoms with Crippen molar-refractivity contribution in [3.8, 4) is 11.3 Å². The molecule has 0 aliphatic heterocycles. The lowest BCUT2D eigenvalue weighted by molar-refractivity contribution is -0.384. The van der Waals surface area contributed by atoms with Crippen LogP contribution in [0.5, 0.6) is 0 Å². The lowest BCUT2D eigenvalue weighted by Crippen LogP contribution is -1.94. The van der Waals surface area contributed by atoms with Gasteiger partial charge in [-0.25, -0.2) is 0 Å². The first kappa shape index (κ1) is 11.1. The number of para-hydroxylation sites is 1. The Morgan fingerprint density at radius 2 is 2.06 bits per heavy atom. The molecule has 0 aliphatic rings. The number of rotatable bonds is 3. The number of carbonyl (C=O) groups excluding carboxylic acids is 1. The van der Waals surface area contributed by atoms with E-state index in [1.54, 1.807) is 31.2 Å². The molecule has 0 fully saturated rings. The second kappa shape index (κ2) is 4.21. The molecular weight excluding hydrogens is 222 g/mol. The molecule has 5 nitrogen and oxygen atoms in total. The Morgan fingerprint density at radius 1 is 1.29 bits per heavy atom. The Labute approximate surface area is 96.8 Å². The minimum Gasteiger partial charge on any atom is -0.453 e. The maximum absolute atomic E-state index is 11.0. The summed E-state index contributed by atoms with van der Waals surface area (Å²) in [4.78, 5) is 21.0. The molecular formula is C12H9NO4. The van der Waals surface area contributed by atoms with E-state index in [0.717, 1.165) is 0 Å². The van der Waals surface area contributed by atoms with E-state index in [4.69, 9.17) is 4.42 Å². The largest absolute Gasteiger partial charge is 0.453 e. The van der Waals surface area contributed by atoms with Crippen LogP contribution in [0.3, 0.4) is 0 Å². The van der Waals surface area contributed by atoms with Gasteiger partial charge in [0.1, 0.15) is 5.76 Å². The van der Waals surface area contributed by atoms with Crippen LogP contribution >= 0.6 is 0 Å². The van der Waals surface area contributed by atoms with Gasteiger partial charge in [0.05, 0.1) is 10.5 Å². The zero-order valence-corrected chi connectivity index (χ0v) is 9.04. The van der Waals surface area contributed by atoms with Crippen molar-refractivity contribution in [3.05, 3.63) is 51.8 Å². The lowest BCUT2D eigenvalue weighted by Gasteiger charge is -2.02. The van der Waals surface area contributed by atoms with Crippen LogP contribution in [0.15, 0.2) is 34.7 Å². The smallest absolute Gasteiger partial charge is 0.283 e. The van der Waals surface area contributed by atoms with Crippen molar-refractivity contribution >= 4 is 12.0 Å². The van der Waals surface area contributed by atoms with Gasteiger partial charge in [0.15, 0.2) is 12.0 Å². The van der Waals surface area contributed by atoms with Crippen molar-refractivity contribution in [3.63, 3.8) is 0 Å². The summed E-state index contributed by atoms with van der Waals surface area (Å²) >= 11 is 0. The summed E-state index contributed by atoms with van der Waals surface area (Å²) < 4.78 is 5.19. The van der Waals surface area contributed by atoms with Crippen LogP contribution in [0, 0.1) is 17.0 Å². The van der Waals surface area contributed by atoms with Gasteiger partial charge in [-0.1, -0.05) is 12.1 Å². The molecule has 0 N–H and O–H groups in total. The normalized spacial score (nSPS) is 10.2. The second-order valence-electron chi connectivity index (χ2n) is 3.55. The number of furan rings is 1. The van der Waals surface area contributed by atoms with Crippen LogP contribution in [0.2, 0.25) is 0 Å². The number of nitro groups is 1. The van der Waals surface area contributed by atoms with Gasteiger partial charge in [-0.3, -0.25) is 14.9 Å². The standard InChI is InChI=1S/C12H9NO4/c1-8-3-2-4-10(12(8)13(15)16)11-6-5-9(7-14)17-11/h2-7H,1H3. The van der Waals surface area contributed by atoms with Crippen molar-refractivity contribution in [2.24, 2.45) is 0 Å². The molecule has 0 radical (unpaired) electrons. The van der Waals surface area contributed by atoms with E-state index >= 15 is 0 Å². The molecule has 0 spiro atoms. The molecule has 1 heterocycles. The highest BCUT2D eigenvalue weighted by Crippen LogP contribution is 2.33. The topological polar surface area (TPSA) is 73.3 Å². The van der Waals surface area contributed by atoms with E-state index in [-0.39, 0.29) is 11.4 Å². The van der Waals surface area contributed by atoms with Gasteiger partial charge in [-0.2, -0.15) is 0 Å². The van der Waals surface area contributed by atoms with Gasteiger partial charge < -0.3 is 4.42 Å². The fraction of sp³-hybridized carbons (Fsp3) is 0.0833. The van der Waals surface area contributed by atoms with Crippen LogP contribution in [-0.4, -0.2) is 11.2 Å². The molecule has 5 heteroatoms. The fourth-order valence-corrected chi connectivity index (χ4v) is 1.66. The number of nitrogens with zero attached hydrogens (tertiary/aromatic N) is 1. The van der Waals surface area contributed by atoms with Crippen LogP contribution < -0.4 is 0 Å². The first-order chi connectivity index (χ1) is 8.13. The molecule has 0 aliphatic carbocycles. The van der Waals surface area contributed by atoms with Gasteiger partial charge in [0, 0.05) is 5.56 Å². The molecule has 0 amide bonds. The Morgan fingerprint density at radius 3 is 2.65 bits per heavy atom. The highest BCUT2D eigenvalue weighted by atomic mass is 16.6. The number of aldehydes is 1. The van der Waals surface area contributed by atoms with Crippen LogP contribution in [0.1, 0.15) is 16.1 Å². The van der Waals surface area contributed by atoms with Gasteiger partial charge >= 0.3 is 0 Å². The summed E-state index contributed by atoms with van der Waals surface area (Å²) in [6.07, 6.45) is 0.561. The van der Waals surface area contributed by atoms with Gasteiger partial charge in [0.2, 0.25) is 0 Å². The molecule has 1 aromatic heterocycles.